The van der Waals surface area contributed by atoms with Gasteiger partial charge in [0, 0.05) is 44.7 Å². The quantitative estimate of drug-likeness (QED) is 0.149. The van der Waals surface area contributed by atoms with Crippen molar-refractivity contribution in [2.45, 2.75) is 44.6 Å². The van der Waals surface area contributed by atoms with Gasteiger partial charge in [-0.25, -0.2) is 14.8 Å². The Labute approximate surface area is 318 Å². The summed E-state index contributed by atoms with van der Waals surface area (Å²) in [7, 11) is -5.03. The molecule has 3 saturated heterocycles. The number of hydrogen-bond donors (Lipinski definition) is 2. The Morgan fingerprint density at radius 2 is 1.73 bits per heavy atom. The molecule has 0 saturated carbocycles. The van der Waals surface area contributed by atoms with Crippen LogP contribution in [0, 0.1) is 0 Å². The second-order valence-electron chi connectivity index (χ2n) is 12.4. The predicted octanol–water partition coefficient (Wildman–Crippen LogP) is -0.606. The summed E-state index contributed by atoms with van der Waals surface area (Å²) in [6.07, 6.45) is 2.03. The van der Waals surface area contributed by atoms with Gasteiger partial charge in [0.05, 0.1) is 13.1 Å². The van der Waals surface area contributed by atoms with Crippen molar-refractivity contribution in [2.24, 2.45) is 0 Å². The van der Waals surface area contributed by atoms with E-state index in [2.05, 4.69) is 16.4 Å². The average molecular weight is 725 g/mol. The first-order valence-electron chi connectivity index (χ1n) is 16.3. The van der Waals surface area contributed by atoms with Crippen LogP contribution in [0.2, 0.25) is 0 Å². The average Bonchev–Trinajstić information content (AvgIpc) is 3.52. The van der Waals surface area contributed by atoms with Crippen molar-refractivity contribution in [2.75, 3.05) is 31.1 Å². The normalized spacial score (nSPS) is 20.4. The van der Waals surface area contributed by atoms with Crippen LogP contribution in [0.25, 0.3) is 0 Å². The maximum Gasteiger partial charge on any atom is 1.00 e. The third-order valence-corrected chi connectivity index (χ3v) is 9.35. The van der Waals surface area contributed by atoms with E-state index in [1.54, 1.807) is 33.0 Å². The Morgan fingerprint density at radius 3 is 2.39 bits per heavy atom. The molecule has 0 radical (unpaired) electrons. The van der Waals surface area contributed by atoms with Crippen LogP contribution in [-0.4, -0.2) is 86.9 Å². The molecule has 3 aromatic rings. The van der Waals surface area contributed by atoms with Gasteiger partial charge in [0.1, 0.15) is 18.0 Å². The van der Waals surface area contributed by atoms with E-state index in [0.717, 1.165) is 23.2 Å². The number of anilines is 1. The van der Waals surface area contributed by atoms with Gasteiger partial charge >= 0.3 is 43.4 Å². The predicted molar refractivity (Wildman–Crippen MR) is 181 cm³/mol. The molecule has 2 N–H and O–H groups in total. The summed E-state index contributed by atoms with van der Waals surface area (Å²) in [4.78, 5) is 79.8. The van der Waals surface area contributed by atoms with Crippen molar-refractivity contribution in [3.63, 3.8) is 0 Å². The minimum atomic E-state index is -5.03. The van der Waals surface area contributed by atoms with Gasteiger partial charge in [0.15, 0.2) is 0 Å². The number of nitrogens with zero attached hydrogens (tertiary/aromatic N) is 5. The maximum atomic E-state index is 14.4. The molecule has 0 aliphatic carbocycles. The maximum absolute atomic E-state index is 14.4. The number of nitrogens with one attached hydrogen (secondary N) is 1. The Kier molecular flexibility index (Phi) is 12.4. The van der Waals surface area contributed by atoms with E-state index < -0.39 is 26.1 Å². The van der Waals surface area contributed by atoms with Crippen molar-refractivity contribution < 1.29 is 67.6 Å². The van der Waals surface area contributed by atoms with Crippen LogP contribution in [-0.2, 0) is 38.5 Å². The van der Waals surface area contributed by atoms with Gasteiger partial charge in [-0.3, -0.25) is 18.9 Å². The van der Waals surface area contributed by atoms with Crippen molar-refractivity contribution >= 4 is 37.3 Å². The fourth-order valence-electron chi connectivity index (χ4n) is 6.71. The van der Waals surface area contributed by atoms with E-state index >= 15 is 0 Å². The SMILES string of the molecule is C=CCN1CC(=O)N2[C@@H](Cc3ccc(OP(=O)([O-])O)cc3)C(=O)N(Cc3cccc(N4CCCC4=O)c3)C[C@@H]2N1C(=O)NCc1ccccc1.[Na+]. The molecule has 3 atom stereocenters. The number of hydrogen-bond acceptors (Lipinski definition) is 8. The number of phosphoric acid groups is 1. The fraction of sp³-hybridized carbons (Fsp3) is 0.314. The molecule has 3 aromatic carbocycles. The monoisotopic (exact) mass is 724 g/mol. The third-order valence-electron chi connectivity index (χ3n) is 8.91. The number of fused-ring (bicyclic) bond motifs is 1. The summed E-state index contributed by atoms with van der Waals surface area (Å²) in [5.74, 6) is -0.751. The minimum Gasteiger partial charge on any atom is -0.746 e. The molecule has 16 heteroatoms. The molecule has 0 bridgehead atoms. The summed E-state index contributed by atoms with van der Waals surface area (Å²) < 4.78 is 15.8. The van der Waals surface area contributed by atoms with Gasteiger partial charge in [-0.1, -0.05) is 60.7 Å². The molecule has 3 fully saturated rings. The number of rotatable bonds is 11. The zero-order valence-corrected chi connectivity index (χ0v) is 31.2. The zero-order valence-electron chi connectivity index (χ0n) is 28.3. The molecule has 0 aromatic heterocycles. The summed E-state index contributed by atoms with van der Waals surface area (Å²) in [6.45, 7) is 4.89. The van der Waals surface area contributed by atoms with Crippen LogP contribution < -0.4 is 49.2 Å². The van der Waals surface area contributed by atoms with Crippen molar-refractivity contribution in [1.82, 2.24) is 25.1 Å². The molecule has 3 heterocycles. The van der Waals surface area contributed by atoms with Gasteiger partial charge in [-0.2, -0.15) is 0 Å². The molecule has 262 valence electrons. The van der Waals surface area contributed by atoms with Crippen LogP contribution in [0.4, 0.5) is 10.5 Å². The fourth-order valence-corrected chi connectivity index (χ4v) is 7.09. The Balaban J connectivity index is 0.00000504. The van der Waals surface area contributed by atoms with Crippen LogP contribution in [0.1, 0.15) is 29.5 Å². The molecule has 0 spiro atoms. The first-order chi connectivity index (χ1) is 24.0. The molecule has 51 heavy (non-hydrogen) atoms. The van der Waals surface area contributed by atoms with Gasteiger partial charge in [0.2, 0.25) is 17.7 Å². The minimum absolute atomic E-state index is 0. The number of urea groups is 1. The standard InChI is InChI=1S/C35H39N6O8P.Na/c1-2-17-38-24-33(43)40-30(20-25-13-15-29(16-14-25)49-50(46,47)48)34(44)37(22-27-10-6-11-28(19-27)39-18-7-12-32(39)42)23-31(40)41(38)35(45)36-21-26-8-4-3-5-9-26;/h2-6,8-11,13-16,19,30-31H,1,7,12,17-18,20-24H2,(H,36,45)(H2,46,47,48);/q;+1/p-1/t30-,31-;/m0./s1. The smallest absolute Gasteiger partial charge is 0.746 e. The van der Waals surface area contributed by atoms with Crippen LogP contribution in [0.15, 0.2) is 91.5 Å². The molecule has 14 nitrogen and oxygen atoms in total. The van der Waals surface area contributed by atoms with Crippen LogP contribution in [0.5, 0.6) is 5.75 Å². The number of amides is 5. The van der Waals surface area contributed by atoms with Crippen molar-refractivity contribution in [3.8, 4) is 5.75 Å². The summed E-state index contributed by atoms with van der Waals surface area (Å²) in [5.41, 5.74) is 3.00. The largest absolute Gasteiger partial charge is 1.00 e. The van der Waals surface area contributed by atoms with E-state index in [4.69, 9.17) is 4.89 Å². The van der Waals surface area contributed by atoms with Gasteiger partial charge < -0.3 is 34.3 Å². The van der Waals surface area contributed by atoms with Gasteiger partial charge in [-0.05, 0) is 47.4 Å². The summed E-state index contributed by atoms with van der Waals surface area (Å²) in [6, 6.07) is 21.2. The number of carbonyl (C=O) groups excluding carboxylic acids is 4. The molecular formula is C35H38N6NaO8P. The molecule has 3 aliphatic heterocycles. The van der Waals surface area contributed by atoms with E-state index in [9.17, 15) is 28.6 Å². The zero-order chi connectivity index (χ0) is 35.4. The number of phosphoric ester groups is 1. The van der Waals surface area contributed by atoms with E-state index in [1.807, 2.05) is 54.6 Å². The number of carbonyl (C=O) groups is 4. The molecule has 3 aliphatic rings. The topological polar surface area (TPSA) is 166 Å². The second kappa shape index (κ2) is 16.6. The summed E-state index contributed by atoms with van der Waals surface area (Å²) >= 11 is 0. The molecule has 5 amide bonds. The van der Waals surface area contributed by atoms with E-state index in [0.29, 0.717) is 18.5 Å². The van der Waals surface area contributed by atoms with Crippen LogP contribution >= 0.6 is 7.82 Å². The van der Waals surface area contributed by atoms with Gasteiger partial charge in [-0.15, -0.1) is 6.58 Å². The Morgan fingerprint density at radius 1 is 1.00 bits per heavy atom. The molecule has 1 unspecified atom stereocenters. The second-order valence-corrected chi connectivity index (χ2v) is 13.5. The Bertz CT molecular complexity index is 1810. The first-order valence-corrected chi connectivity index (χ1v) is 17.8. The van der Waals surface area contributed by atoms with E-state index in [-0.39, 0.29) is 92.2 Å². The van der Waals surface area contributed by atoms with Gasteiger partial charge in [0.25, 0.3) is 0 Å². The van der Waals surface area contributed by atoms with Crippen molar-refractivity contribution in [3.05, 3.63) is 108 Å². The molecular weight excluding hydrogens is 686 g/mol. The number of piperazine rings is 1. The van der Waals surface area contributed by atoms with Crippen LogP contribution in [0.3, 0.4) is 0 Å². The van der Waals surface area contributed by atoms with E-state index in [1.165, 1.54) is 22.0 Å². The number of benzene rings is 3. The summed E-state index contributed by atoms with van der Waals surface area (Å²) in [5, 5.41) is 6.06. The first kappa shape index (κ1) is 38.2. The van der Waals surface area contributed by atoms with Crippen molar-refractivity contribution in [1.29, 1.82) is 0 Å². The molecule has 6 rings (SSSR count). The third kappa shape index (κ3) is 9.08. The number of hydrazine groups is 1. The Hall–Kier alpha value is -4.01.